The summed E-state index contributed by atoms with van der Waals surface area (Å²) in [6.45, 7) is 11.8. The van der Waals surface area contributed by atoms with E-state index in [0.29, 0.717) is 0 Å². The number of nitrogens with zero attached hydrogens (tertiary/aromatic N) is 1. The molecule has 1 atom stereocenters. The Morgan fingerprint density at radius 1 is 0.537 bits per heavy atom. The number of anilines is 1. The first-order chi connectivity index (χ1) is 26.3. The molecular weight excluding hydrogens is 655 g/mol. The first kappa shape index (κ1) is 31.9. The maximum atomic E-state index is 7.78. The number of benzene rings is 7. The van der Waals surface area contributed by atoms with Crippen molar-refractivity contribution < 1.29 is 4.74 Å². The number of hydrogen-bond donors (Lipinski definition) is 0. The second-order valence-electron chi connectivity index (χ2n) is 17.1. The van der Waals surface area contributed by atoms with Gasteiger partial charge in [0.15, 0.2) is 5.60 Å². The monoisotopic (exact) mass is 699 g/mol. The van der Waals surface area contributed by atoms with E-state index in [9.17, 15) is 0 Å². The third-order valence-corrected chi connectivity index (χ3v) is 13.5. The summed E-state index contributed by atoms with van der Waals surface area (Å²) in [5.74, 6) is 0.974. The molecule has 264 valence electrons. The van der Waals surface area contributed by atoms with Crippen LogP contribution in [0.1, 0.15) is 85.9 Å². The SMILES string of the molecule is CC1(C)c2cc(C3(c4ccc(N5CCCCC5)cc4)C=Cc4c5c(c6ccccc6c4O3)-c3ccccc3C5(C)C)ccc2-c2c1ccc1ccccc21. The van der Waals surface area contributed by atoms with E-state index in [4.69, 9.17) is 4.74 Å². The van der Waals surface area contributed by atoms with Gasteiger partial charge in [0, 0.05) is 51.7 Å². The van der Waals surface area contributed by atoms with Crippen molar-refractivity contribution in [2.24, 2.45) is 0 Å². The lowest BCUT2D eigenvalue weighted by Gasteiger charge is -2.39. The van der Waals surface area contributed by atoms with Gasteiger partial charge in [0.25, 0.3) is 0 Å². The Bertz CT molecular complexity index is 2720. The van der Waals surface area contributed by atoms with E-state index in [-0.39, 0.29) is 10.8 Å². The first-order valence-corrected chi connectivity index (χ1v) is 19.9. The molecule has 7 aromatic rings. The molecule has 0 aromatic heterocycles. The fourth-order valence-corrected chi connectivity index (χ4v) is 10.7. The molecule has 11 rings (SSSR count). The third kappa shape index (κ3) is 4.23. The van der Waals surface area contributed by atoms with Gasteiger partial charge in [0.2, 0.25) is 0 Å². The molecule has 1 saturated heterocycles. The predicted molar refractivity (Wildman–Crippen MR) is 226 cm³/mol. The fraction of sp³-hybridized carbons (Fsp3) is 0.231. The van der Waals surface area contributed by atoms with Gasteiger partial charge >= 0.3 is 0 Å². The molecule has 4 aliphatic rings. The lowest BCUT2D eigenvalue weighted by Crippen LogP contribution is -2.35. The van der Waals surface area contributed by atoms with Crippen LogP contribution in [0.25, 0.3) is 49.9 Å². The highest BCUT2D eigenvalue weighted by molar-refractivity contribution is 6.08. The summed E-state index contributed by atoms with van der Waals surface area (Å²) in [6.07, 6.45) is 8.61. The highest BCUT2D eigenvalue weighted by Crippen LogP contribution is 2.59. The number of ether oxygens (including phenoxy) is 1. The summed E-state index contributed by atoms with van der Waals surface area (Å²) in [4.78, 5) is 2.54. The van der Waals surface area contributed by atoms with E-state index in [1.807, 2.05) is 0 Å². The second kappa shape index (κ2) is 11.2. The molecule has 2 heteroatoms. The zero-order chi connectivity index (χ0) is 36.4. The Hall–Kier alpha value is -5.60. The van der Waals surface area contributed by atoms with Gasteiger partial charge in [-0.1, -0.05) is 143 Å². The lowest BCUT2D eigenvalue weighted by atomic mass is 9.76. The van der Waals surface area contributed by atoms with Crippen molar-refractivity contribution in [3.63, 3.8) is 0 Å². The predicted octanol–water partition coefficient (Wildman–Crippen LogP) is 12.9. The molecule has 1 fully saturated rings. The minimum atomic E-state index is -0.831. The largest absolute Gasteiger partial charge is 0.472 e. The summed E-state index contributed by atoms with van der Waals surface area (Å²) in [6, 6.07) is 47.8. The van der Waals surface area contributed by atoms with Crippen molar-refractivity contribution in [2.45, 2.75) is 63.4 Å². The Morgan fingerprint density at radius 2 is 1.22 bits per heavy atom. The number of piperidine rings is 1. The summed E-state index contributed by atoms with van der Waals surface area (Å²) >= 11 is 0. The molecule has 0 amide bonds. The Morgan fingerprint density at radius 3 is 2.04 bits per heavy atom. The second-order valence-corrected chi connectivity index (χ2v) is 17.1. The van der Waals surface area contributed by atoms with Crippen LogP contribution >= 0.6 is 0 Å². The molecule has 0 saturated carbocycles. The number of hydrogen-bond acceptors (Lipinski definition) is 2. The Kier molecular flexibility index (Phi) is 6.62. The zero-order valence-electron chi connectivity index (χ0n) is 31.7. The Labute approximate surface area is 318 Å². The average molecular weight is 700 g/mol. The van der Waals surface area contributed by atoms with Crippen molar-refractivity contribution in [2.75, 3.05) is 18.0 Å². The normalized spacial score (nSPS) is 19.9. The van der Waals surface area contributed by atoms with Crippen molar-refractivity contribution in [3.05, 3.63) is 172 Å². The van der Waals surface area contributed by atoms with Gasteiger partial charge in [-0.15, -0.1) is 0 Å². The van der Waals surface area contributed by atoms with Gasteiger partial charge in [0.1, 0.15) is 5.75 Å². The van der Waals surface area contributed by atoms with Gasteiger partial charge < -0.3 is 9.64 Å². The van der Waals surface area contributed by atoms with Crippen molar-refractivity contribution in [3.8, 4) is 28.0 Å². The van der Waals surface area contributed by atoms with Crippen LogP contribution in [0, 0.1) is 0 Å². The van der Waals surface area contributed by atoms with E-state index in [2.05, 4.69) is 172 Å². The standard InChI is InChI=1S/C52H45NO/c1-50(2)44-27-20-33-14-6-7-15-37(33)46(44)41-26-23-35(32-45(41)50)52(34-21-24-36(25-22-34)53-30-12-5-13-31-53)29-28-42-48-47(38-16-8-9-17-39(38)49(42)54-52)40-18-10-11-19-43(40)51(48,3)4/h6-11,14-29,32H,5,12-13,30-31H2,1-4H3. The average Bonchev–Trinajstić information content (AvgIpc) is 3.61. The summed E-state index contributed by atoms with van der Waals surface area (Å²) in [7, 11) is 0. The van der Waals surface area contributed by atoms with Gasteiger partial charge in [-0.25, -0.2) is 0 Å². The molecule has 0 spiro atoms. The van der Waals surface area contributed by atoms with E-state index in [1.165, 1.54) is 91.2 Å². The lowest BCUT2D eigenvalue weighted by molar-refractivity contribution is 0.163. The molecule has 54 heavy (non-hydrogen) atoms. The van der Waals surface area contributed by atoms with Crippen molar-refractivity contribution >= 4 is 33.3 Å². The maximum absolute atomic E-state index is 7.78. The zero-order valence-corrected chi connectivity index (χ0v) is 31.7. The van der Waals surface area contributed by atoms with Gasteiger partial charge in [0.05, 0.1) is 0 Å². The van der Waals surface area contributed by atoms with Crippen molar-refractivity contribution in [1.29, 1.82) is 0 Å². The summed E-state index contributed by atoms with van der Waals surface area (Å²) < 4.78 is 7.78. The molecule has 2 aliphatic carbocycles. The number of rotatable bonds is 3. The molecule has 0 N–H and O–H groups in total. The molecule has 0 bridgehead atoms. The van der Waals surface area contributed by atoms with E-state index in [1.54, 1.807) is 0 Å². The van der Waals surface area contributed by atoms with Gasteiger partial charge in [-0.2, -0.15) is 0 Å². The highest BCUT2D eigenvalue weighted by atomic mass is 16.5. The van der Waals surface area contributed by atoms with Crippen LogP contribution in [0.3, 0.4) is 0 Å². The fourth-order valence-electron chi connectivity index (χ4n) is 10.7. The van der Waals surface area contributed by atoms with Crippen molar-refractivity contribution in [1.82, 2.24) is 0 Å². The maximum Gasteiger partial charge on any atom is 0.178 e. The molecular formula is C52H45NO. The van der Waals surface area contributed by atoms with E-state index < -0.39 is 5.60 Å². The van der Waals surface area contributed by atoms with Crippen LogP contribution in [-0.2, 0) is 16.4 Å². The smallest absolute Gasteiger partial charge is 0.178 e. The topological polar surface area (TPSA) is 12.5 Å². The first-order valence-electron chi connectivity index (χ1n) is 19.9. The molecule has 2 heterocycles. The third-order valence-electron chi connectivity index (χ3n) is 13.5. The minimum Gasteiger partial charge on any atom is -0.472 e. The van der Waals surface area contributed by atoms with Crippen LogP contribution < -0.4 is 9.64 Å². The molecule has 2 aliphatic heterocycles. The molecule has 2 nitrogen and oxygen atoms in total. The summed E-state index contributed by atoms with van der Waals surface area (Å²) in [5, 5.41) is 5.03. The number of fused-ring (bicyclic) bond motifs is 13. The van der Waals surface area contributed by atoms with E-state index in [0.717, 1.165) is 35.4 Å². The van der Waals surface area contributed by atoms with Crippen LogP contribution in [0.5, 0.6) is 5.75 Å². The Balaban J connectivity index is 1.15. The minimum absolute atomic E-state index is 0.163. The molecule has 0 radical (unpaired) electrons. The van der Waals surface area contributed by atoms with E-state index >= 15 is 0 Å². The van der Waals surface area contributed by atoms with Gasteiger partial charge in [-0.05, 0) is 104 Å². The van der Waals surface area contributed by atoms with Crippen LogP contribution in [0.15, 0.2) is 133 Å². The van der Waals surface area contributed by atoms with Gasteiger partial charge in [-0.3, -0.25) is 0 Å². The quantitative estimate of drug-likeness (QED) is 0.182. The molecule has 1 unspecified atom stereocenters. The summed E-state index contributed by atoms with van der Waals surface area (Å²) in [5.41, 5.74) is 14.5. The van der Waals surface area contributed by atoms with Crippen LogP contribution in [0.4, 0.5) is 5.69 Å². The van der Waals surface area contributed by atoms with Crippen LogP contribution in [-0.4, -0.2) is 13.1 Å². The molecule has 7 aromatic carbocycles. The highest BCUT2D eigenvalue weighted by Gasteiger charge is 2.45. The van der Waals surface area contributed by atoms with Crippen LogP contribution in [0.2, 0.25) is 0 Å².